The lowest BCUT2D eigenvalue weighted by atomic mass is 10.2. The molecule has 0 spiro atoms. The van der Waals surface area contributed by atoms with Crippen LogP contribution in [0.5, 0.6) is 0 Å². The lowest BCUT2D eigenvalue weighted by molar-refractivity contribution is -0.132. The van der Waals surface area contributed by atoms with Gasteiger partial charge < -0.3 is 14.6 Å². The molecule has 1 aromatic heterocycles. The third kappa shape index (κ3) is 4.18. The van der Waals surface area contributed by atoms with Gasteiger partial charge in [0.05, 0.1) is 12.2 Å². The molecule has 0 saturated carbocycles. The zero-order valence-electron chi connectivity index (χ0n) is 13.7. The van der Waals surface area contributed by atoms with Crippen LogP contribution < -0.4 is 5.32 Å². The topological polar surface area (TPSA) is 61.6 Å². The van der Waals surface area contributed by atoms with Gasteiger partial charge in [0, 0.05) is 38.3 Å². The lowest BCUT2D eigenvalue weighted by Crippen LogP contribution is -2.49. The van der Waals surface area contributed by atoms with E-state index in [1.54, 1.807) is 18.4 Å². The van der Waals surface area contributed by atoms with Crippen molar-refractivity contribution < 1.29 is 13.6 Å². The maximum atomic E-state index is 13.0. The molecule has 7 heteroatoms. The van der Waals surface area contributed by atoms with Gasteiger partial charge in [0.1, 0.15) is 12.1 Å². The van der Waals surface area contributed by atoms with Crippen LogP contribution in [0.1, 0.15) is 5.69 Å². The van der Waals surface area contributed by atoms with Gasteiger partial charge in [-0.2, -0.15) is 0 Å². The highest BCUT2D eigenvalue weighted by Crippen LogP contribution is 2.19. The number of carbonyl (C=O) groups excluding carboxylic acids is 1. The van der Waals surface area contributed by atoms with Crippen molar-refractivity contribution in [1.29, 1.82) is 0 Å². The monoisotopic (exact) mass is 332 g/mol. The third-order valence-electron chi connectivity index (χ3n) is 3.95. The van der Waals surface area contributed by atoms with E-state index in [-0.39, 0.29) is 11.7 Å². The summed E-state index contributed by atoms with van der Waals surface area (Å²) in [7, 11) is 1.88. The number of hydrogen-bond acceptors (Lipinski definition) is 5. The van der Waals surface area contributed by atoms with Crippen molar-refractivity contribution in [2.45, 2.75) is 6.54 Å². The fraction of sp³-hybridized carbons (Fsp3) is 0.412. The number of nitrogens with zero attached hydrogens (tertiary/aromatic N) is 3. The average molecular weight is 332 g/mol. The van der Waals surface area contributed by atoms with Crippen LogP contribution in [0.25, 0.3) is 11.5 Å². The van der Waals surface area contributed by atoms with Gasteiger partial charge in [-0.05, 0) is 31.3 Å². The molecule has 1 aromatic carbocycles. The van der Waals surface area contributed by atoms with Gasteiger partial charge in [0.25, 0.3) is 0 Å². The highest BCUT2D eigenvalue weighted by Gasteiger charge is 2.18. The number of oxazole rings is 1. The Bertz CT molecular complexity index is 680. The van der Waals surface area contributed by atoms with Gasteiger partial charge in [-0.3, -0.25) is 9.69 Å². The van der Waals surface area contributed by atoms with E-state index >= 15 is 0 Å². The number of hydrogen-bond donors (Lipinski definition) is 1. The zero-order valence-corrected chi connectivity index (χ0v) is 13.7. The summed E-state index contributed by atoms with van der Waals surface area (Å²) in [5.74, 6) is 0.282. The first-order valence-electron chi connectivity index (χ1n) is 7.99. The Morgan fingerprint density at radius 1 is 1.33 bits per heavy atom. The summed E-state index contributed by atoms with van der Waals surface area (Å²) in [6.45, 7) is 4.07. The predicted octanol–water partition coefficient (Wildman–Crippen LogP) is 1.34. The molecule has 0 unspecified atom stereocenters. The number of piperazine rings is 1. The summed E-state index contributed by atoms with van der Waals surface area (Å²) in [5.41, 5.74) is 1.46. The van der Waals surface area contributed by atoms with Crippen LogP contribution in [0.4, 0.5) is 4.39 Å². The van der Waals surface area contributed by atoms with Gasteiger partial charge in [-0.15, -0.1) is 0 Å². The molecule has 24 heavy (non-hydrogen) atoms. The number of amides is 1. The quantitative estimate of drug-likeness (QED) is 0.895. The molecule has 1 fully saturated rings. The van der Waals surface area contributed by atoms with Gasteiger partial charge in [-0.25, -0.2) is 9.37 Å². The maximum Gasteiger partial charge on any atom is 0.236 e. The second-order valence-corrected chi connectivity index (χ2v) is 5.95. The van der Waals surface area contributed by atoms with Crippen molar-refractivity contribution in [3.8, 4) is 11.5 Å². The SMILES string of the molecule is CN(CC(=O)N1CCNCC1)Cc1coc(-c2ccc(F)cc2)n1. The lowest BCUT2D eigenvalue weighted by Gasteiger charge is -2.29. The van der Waals surface area contributed by atoms with Crippen LogP contribution >= 0.6 is 0 Å². The van der Waals surface area contributed by atoms with Gasteiger partial charge in [0.15, 0.2) is 0 Å². The average Bonchev–Trinajstić information content (AvgIpc) is 3.04. The first-order valence-corrected chi connectivity index (χ1v) is 7.99. The number of carbonyl (C=O) groups is 1. The van der Waals surface area contributed by atoms with Crippen molar-refractivity contribution in [2.75, 3.05) is 39.8 Å². The predicted molar refractivity (Wildman–Crippen MR) is 87.7 cm³/mol. The van der Waals surface area contributed by atoms with E-state index in [9.17, 15) is 9.18 Å². The smallest absolute Gasteiger partial charge is 0.236 e. The van der Waals surface area contributed by atoms with Gasteiger partial charge >= 0.3 is 0 Å². The molecule has 1 amide bonds. The number of aromatic nitrogens is 1. The molecule has 1 saturated heterocycles. The van der Waals surface area contributed by atoms with E-state index < -0.39 is 0 Å². The van der Waals surface area contributed by atoms with Crippen LogP contribution in [0.15, 0.2) is 34.9 Å². The van der Waals surface area contributed by atoms with Crippen molar-refractivity contribution in [3.63, 3.8) is 0 Å². The van der Waals surface area contributed by atoms with E-state index in [0.717, 1.165) is 37.4 Å². The van der Waals surface area contributed by atoms with E-state index in [1.807, 2.05) is 16.8 Å². The minimum absolute atomic E-state index is 0.126. The van der Waals surface area contributed by atoms with Crippen molar-refractivity contribution in [3.05, 3.63) is 42.0 Å². The molecule has 2 aromatic rings. The van der Waals surface area contributed by atoms with Gasteiger partial charge in [-0.1, -0.05) is 0 Å². The van der Waals surface area contributed by atoms with Crippen LogP contribution in [0.2, 0.25) is 0 Å². The Kier molecular flexibility index (Phi) is 5.22. The summed E-state index contributed by atoms with van der Waals surface area (Å²) in [5, 5.41) is 3.23. The maximum absolute atomic E-state index is 13.0. The van der Waals surface area contributed by atoms with Crippen molar-refractivity contribution in [2.24, 2.45) is 0 Å². The summed E-state index contributed by atoms with van der Waals surface area (Å²) in [4.78, 5) is 20.4. The number of benzene rings is 1. The standard InChI is InChI=1S/C17H21FN4O2/c1-21(11-16(23)22-8-6-19-7-9-22)10-15-12-24-17(20-15)13-2-4-14(18)5-3-13/h2-5,12,19H,6-11H2,1H3. The highest BCUT2D eigenvalue weighted by molar-refractivity contribution is 5.78. The highest BCUT2D eigenvalue weighted by atomic mass is 19.1. The van der Waals surface area contributed by atoms with Crippen LogP contribution in [0.3, 0.4) is 0 Å². The molecule has 3 rings (SSSR count). The number of nitrogens with one attached hydrogen (secondary N) is 1. The zero-order chi connectivity index (χ0) is 16.9. The molecule has 6 nitrogen and oxygen atoms in total. The minimum atomic E-state index is -0.295. The second kappa shape index (κ2) is 7.55. The summed E-state index contributed by atoms with van der Waals surface area (Å²) < 4.78 is 18.4. The number of likely N-dealkylation sites (N-methyl/N-ethyl adjacent to an activating group) is 1. The Labute approximate surface area is 140 Å². The van der Waals surface area contributed by atoms with E-state index in [1.165, 1.54) is 12.1 Å². The van der Waals surface area contributed by atoms with Gasteiger partial charge in [0.2, 0.25) is 11.8 Å². The number of halogens is 1. The molecule has 1 N–H and O–H groups in total. The Balaban J connectivity index is 1.55. The molecule has 1 aliphatic rings. The molecule has 0 radical (unpaired) electrons. The van der Waals surface area contributed by atoms with E-state index in [0.29, 0.717) is 19.0 Å². The van der Waals surface area contributed by atoms with E-state index in [4.69, 9.17) is 4.42 Å². The summed E-state index contributed by atoms with van der Waals surface area (Å²) in [6.07, 6.45) is 1.57. The normalized spacial score (nSPS) is 15.0. The van der Waals surface area contributed by atoms with Crippen LogP contribution in [-0.4, -0.2) is 60.5 Å². The molecule has 1 aliphatic heterocycles. The molecule has 2 heterocycles. The molecule has 0 bridgehead atoms. The first kappa shape index (κ1) is 16.6. The summed E-state index contributed by atoms with van der Waals surface area (Å²) in [6, 6.07) is 6.00. The number of rotatable bonds is 5. The van der Waals surface area contributed by atoms with Crippen molar-refractivity contribution in [1.82, 2.24) is 20.1 Å². The van der Waals surface area contributed by atoms with E-state index in [2.05, 4.69) is 10.3 Å². The first-order chi connectivity index (χ1) is 11.6. The van der Waals surface area contributed by atoms with Crippen LogP contribution in [-0.2, 0) is 11.3 Å². The molecular formula is C17H21FN4O2. The fourth-order valence-corrected chi connectivity index (χ4v) is 2.68. The molecule has 0 atom stereocenters. The largest absolute Gasteiger partial charge is 0.444 e. The molecule has 0 aliphatic carbocycles. The minimum Gasteiger partial charge on any atom is -0.444 e. The Morgan fingerprint density at radius 2 is 2.04 bits per heavy atom. The third-order valence-corrected chi connectivity index (χ3v) is 3.95. The Morgan fingerprint density at radius 3 is 2.75 bits per heavy atom. The Hall–Kier alpha value is -2.25. The van der Waals surface area contributed by atoms with Crippen LogP contribution in [0, 0.1) is 5.82 Å². The van der Waals surface area contributed by atoms with Crippen molar-refractivity contribution >= 4 is 5.91 Å². The fourth-order valence-electron chi connectivity index (χ4n) is 2.68. The molecule has 128 valence electrons. The molecular weight excluding hydrogens is 311 g/mol. The summed E-state index contributed by atoms with van der Waals surface area (Å²) >= 11 is 0. The second-order valence-electron chi connectivity index (χ2n) is 5.95.